The van der Waals surface area contributed by atoms with E-state index in [0.29, 0.717) is 17.3 Å². The van der Waals surface area contributed by atoms with Crippen molar-refractivity contribution in [2.75, 3.05) is 14.1 Å². The molecular weight excluding hydrogens is 196 g/mol. The smallest absolute Gasteiger partial charge is 0.0436 e. The van der Waals surface area contributed by atoms with Gasteiger partial charge in [0.1, 0.15) is 0 Å². The molecule has 0 aromatic carbocycles. The van der Waals surface area contributed by atoms with Gasteiger partial charge in [-0.1, -0.05) is 34.6 Å². The van der Waals surface area contributed by atoms with Crippen LogP contribution in [0.3, 0.4) is 0 Å². The Labute approximate surface area is 101 Å². The van der Waals surface area contributed by atoms with Gasteiger partial charge in [0.2, 0.25) is 0 Å². The molecule has 0 aliphatic heterocycles. The molecular formula is C14H28N2. The number of hydrogen-bond acceptors (Lipinski definition) is 2. The second kappa shape index (κ2) is 4.77. The van der Waals surface area contributed by atoms with Crippen molar-refractivity contribution in [3.8, 4) is 0 Å². The number of hydrogen-bond donors (Lipinski definition) is 0. The maximum atomic E-state index is 4.66. The molecule has 16 heavy (non-hydrogen) atoms. The van der Waals surface area contributed by atoms with E-state index >= 15 is 0 Å². The molecule has 0 amide bonds. The highest BCUT2D eigenvalue weighted by Gasteiger charge is 2.35. The van der Waals surface area contributed by atoms with Crippen LogP contribution in [0.1, 0.15) is 47.5 Å². The fourth-order valence-electron chi connectivity index (χ4n) is 2.81. The first kappa shape index (κ1) is 13.5. The highest BCUT2D eigenvalue weighted by Crippen LogP contribution is 2.41. The van der Waals surface area contributed by atoms with Crippen LogP contribution in [-0.2, 0) is 0 Å². The normalized spacial score (nSPS) is 31.4. The first-order chi connectivity index (χ1) is 7.21. The predicted molar refractivity (Wildman–Crippen MR) is 71.6 cm³/mol. The summed E-state index contributed by atoms with van der Waals surface area (Å²) in [6, 6.07) is 0. The first-order valence-electron chi connectivity index (χ1n) is 6.47. The minimum atomic E-state index is 0.437. The zero-order valence-corrected chi connectivity index (χ0v) is 12.0. The van der Waals surface area contributed by atoms with Crippen LogP contribution in [-0.4, -0.2) is 24.8 Å². The molecule has 0 aromatic heterocycles. The second-order valence-electron chi connectivity index (χ2n) is 6.71. The summed E-state index contributed by atoms with van der Waals surface area (Å²) >= 11 is 0. The lowest BCUT2D eigenvalue weighted by atomic mass is 9.66. The van der Waals surface area contributed by atoms with Crippen molar-refractivity contribution in [2.45, 2.75) is 47.5 Å². The van der Waals surface area contributed by atoms with Crippen molar-refractivity contribution >= 4 is 5.71 Å². The van der Waals surface area contributed by atoms with Crippen molar-refractivity contribution in [2.24, 2.45) is 28.3 Å². The molecule has 0 unspecified atom stereocenters. The van der Waals surface area contributed by atoms with E-state index in [4.69, 9.17) is 0 Å². The van der Waals surface area contributed by atoms with Crippen LogP contribution in [0.4, 0.5) is 0 Å². The van der Waals surface area contributed by atoms with Gasteiger partial charge in [-0.2, -0.15) is 5.10 Å². The van der Waals surface area contributed by atoms with E-state index in [1.165, 1.54) is 18.6 Å². The van der Waals surface area contributed by atoms with Gasteiger partial charge in [-0.3, -0.25) is 0 Å². The van der Waals surface area contributed by atoms with Crippen LogP contribution in [0.2, 0.25) is 0 Å². The van der Waals surface area contributed by atoms with Crippen LogP contribution in [0.5, 0.6) is 0 Å². The fourth-order valence-corrected chi connectivity index (χ4v) is 2.81. The number of rotatable bonds is 1. The Bertz CT molecular complexity index is 246. The van der Waals surface area contributed by atoms with Crippen LogP contribution < -0.4 is 0 Å². The third kappa shape index (κ3) is 3.23. The van der Waals surface area contributed by atoms with Crippen LogP contribution in [0.25, 0.3) is 0 Å². The van der Waals surface area contributed by atoms with E-state index in [2.05, 4.69) is 39.7 Å². The molecule has 94 valence electrons. The summed E-state index contributed by atoms with van der Waals surface area (Å²) in [4.78, 5) is 0. The first-order valence-corrected chi connectivity index (χ1v) is 6.47. The Balaban J connectivity index is 2.79. The summed E-state index contributed by atoms with van der Waals surface area (Å²) in [6.45, 7) is 11.8. The average molecular weight is 224 g/mol. The molecule has 2 nitrogen and oxygen atoms in total. The highest BCUT2D eigenvalue weighted by molar-refractivity contribution is 5.89. The Kier molecular flexibility index (Phi) is 4.03. The monoisotopic (exact) mass is 224 g/mol. The summed E-state index contributed by atoms with van der Waals surface area (Å²) in [5.41, 5.74) is 1.83. The van der Waals surface area contributed by atoms with Gasteiger partial charge in [0.15, 0.2) is 0 Å². The van der Waals surface area contributed by atoms with Gasteiger partial charge in [-0.25, -0.2) is 0 Å². The lowest BCUT2D eigenvalue weighted by Gasteiger charge is -2.40. The molecule has 0 aromatic rings. The fraction of sp³-hybridized carbons (Fsp3) is 0.929. The summed E-state index contributed by atoms with van der Waals surface area (Å²) in [5, 5.41) is 6.61. The lowest BCUT2D eigenvalue weighted by Crippen LogP contribution is -2.36. The third-order valence-corrected chi connectivity index (χ3v) is 3.83. The van der Waals surface area contributed by atoms with E-state index in [-0.39, 0.29) is 0 Å². The molecule has 0 saturated heterocycles. The molecule has 1 aliphatic rings. The summed E-state index contributed by atoms with van der Waals surface area (Å²) in [6.07, 6.45) is 2.58. The maximum Gasteiger partial charge on any atom is 0.0436 e. The molecule has 0 heterocycles. The Morgan fingerprint density at radius 2 is 1.50 bits per heavy atom. The average Bonchev–Trinajstić information content (AvgIpc) is 2.09. The van der Waals surface area contributed by atoms with Gasteiger partial charge in [0.25, 0.3) is 0 Å². The van der Waals surface area contributed by atoms with Gasteiger partial charge in [0.05, 0.1) is 0 Å². The van der Waals surface area contributed by atoms with E-state index in [9.17, 15) is 0 Å². The lowest BCUT2D eigenvalue weighted by molar-refractivity contribution is 0.170. The SMILES string of the molecule is C[C@@H]1CC(C(C)(C)C)C[C@@H](C)C1=NN(C)C. The molecule has 0 radical (unpaired) electrons. The zero-order valence-electron chi connectivity index (χ0n) is 12.0. The second-order valence-corrected chi connectivity index (χ2v) is 6.71. The Morgan fingerprint density at radius 1 is 1.06 bits per heavy atom. The zero-order chi connectivity index (χ0) is 12.5. The van der Waals surface area contributed by atoms with Crippen LogP contribution in [0.15, 0.2) is 5.10 Å². The highest BCUT2D eigenvalue weighted by atomic mass is 15.4. The van der Waals surface area contributed by atoms with Crippen LogP contribution in [0, 0.1) is 23.2 Å². The van der Waals surface area contributed by atoms with Crippen molar-refractivity contribution < 1.29 is 0 Å². The Morgan fingerprint density at radius 3 is 1.81 bits per heavy atom. The maximum absolute atomic E-state index is 4.66. The van der Waals surface area contributed by atoms with Crippen molar-refractivity contribution in [3.05, 3.63) is 0 Å². The third-order valence-electron chi connectivity index (χ3n) is 3.83. The van der Waals surface area contributed by atoms with Crippen molar-refractivity contribution in [1.82, 2.24) is 5.01 Å². The molecule has 1 aliphatic carbocycles. The molecule has 0 spiro atoms. The summed E-state index contributed by atoms with van der Waals surface area (Å²) in [7, 11) is 4.03. The summed E-state index contributed by atoms with van der Waals surface area (Å²) in [5.74, 6) is 2.10. The van der Waals surface area contributed by atoms with Gasteiger partial charge in [0, 0.05) is 19.8 Å². The van der Waals surface area contributed by atoms with Gasteiger partial charge < -0.3 is 5.01 Å². The van der Waals surface area contributed by atoms with E-state index < -0.39 is 0 Å². The molecule has 1 rings (SSSR count). The molecule has 2 atom stereocenters. The molecule has 1 fully saturated rings. The molecule has 2 heteroatoms. The van der Waals surface area contributed by atoms with E-state index in [1.54, 1.807) is 0 Å². The summed E-state index contributed by atoms with van der Waals surface area (Å²) < 4.78 is 0. The molecule has 0 N–H and O–H groups in total. The number of hydrazone groups is 1. The largest absolute Gasteiger partial charge is 0.303 e. The Hall–Kier alpha value is -0.530. The van der Waals surface area contributed by atoms with Gasteiger partial charge >= 0.3 is 0 Å². The van der Waals surface area contributed by atoms with Crippen LogP contribution >= 0.6 is 0 Å². The van der Waals surface area contributed by atoms with E-state index in [1.807, 2.05) is 19.1 Å². The predicted octanol–water partition coefficient (Wildman–Crippen LogP) is 3.63. The molecule has 0 bridgehead atoms. The van der Waals surface area contributed by atoms with E-state index in [0.717, 1.165) is 5.92 Å². The minimum absolute atomic E-state index is 0.437. The van der Waals surface area contributed by atoms with Crippen molar-refractivity contribution in [1.29, 1.82) is 0 Å². The quantitative estimate of drug-likeness (QED) is 0.621. The number of nitrogens with zero attached hydrogens (tertiary/aromatic N) is 2. The van der Waals surface area contributed by atoms with Crippen molar-refractivity contribution in [3.63, 3.8) is 0 Å². The van der Waals surface area contributed by atoms with Gasteiger partial charge in [-0.15, -0.1) is 0 Å². The minimum Gasteiger partial charge on any atom is -0.303 e. The molecule has 1 saturated carbocycles. The van der Waals surface area contributed by atoms with Gasteiger partial charge in [-0.05, 0) is 36.0 Å². The standard InChI is InChI=1S/C14H28N2/c1-10-8-12(14(3,4)5)9-11(2)13(10)15-16(6)7/h10-12H,8-9H2,1-7H3/t10-,11-,12?/m1/s1. The topological polar surface area (TPSA) is 15.6 Å².